The van der Waals surface area contributed by atoms with Crippen LogP contribution in [0.1, 0.15) is 44.9 Å². The van der Waals surface area contributed by atoms with Crippen LogP contribution in [0.5, 0.6) is 0 Å². The van der Waals surface area contributed by atoms with E-state index in [0.29, 0.717) is 5.41 Å². The van der Waals surface area contributed by atoms with Crippen molar-refractivity contribution in [1.82, 2.24) is 0 Å². The standard InChI is InChI=1S/C11H18O2/c12-9-2-5-13-11(6-9)7-10(8-11)3-1-4-10/h9,12H,1-8H2. The third kappa shape index (κ3) is 1.15. The van der Waals surface area contributed by atoms with Crippen LogP contribution in [0.3, 0.4) is 0 Å². The topological polar surface area (TPSA) is 29.5 Å². The predicted octanol–water partition coefficient (Wildman–Crippen LogP) is 1.86. The first-order valence-electron chi connectivity index (χ1n) is 5.54. The minimum absolute atomic E-state index is 0.0915. The molecular weight excluding hydrogens is 164 g/mol. The van der Waals surface area contributed by atoms with Crippen LogP contribution >= 0.6 is 0 Å². The molecule has 13 heavy (non-hydrogen) atoms. The summed E-state index contributed by atoms with van der Waals surface area (Å²) in [6.45, 7) is 0.775. The molecule has 0 aromatic carbocycles. The fourth-order valence-electron chi connectivity index (χ4n) is 3.59. The number of rotatable bonds is 0. The molecule has 1 N–H and O–H groups in total. The van der Waals surface area contributed by atoms with Gasteiger partial charge in [0.05, 0.1) is 11.7 Å². The normalized spacial score (nSPS) is 39.9. The number of ether oxygens (including phenoxy) is 1. The highest BCUT2D eigenvalue weighted by Crippen LogP contribution is 2.63. The van der Waals surface area contributed by atoms with Crippen LogP contribution in [-0.2, 0) is 4.74 Å². The third-order valence-electron chi connectivity index (χ3n) is 4.28. The lowest BCUT2D eigenvalue weighted by atomic mass is 9.48. The number of hydrogen-bond donors (Lipinski definition) is 1. The maximum Gasteiger partial charge on any atom is 0.0717 e. The van der Waals surface area contributed by atoms with Gasteiger partial charge in [-0.25, -0.2) is 0 Å². The molecule has 2 heteroatoms. The predicted molar refractivity (Wildman–Crippen MR) is 49.4 cm³/mol. The van der Waals surface area contributed by atoms with Gasteiger partial charge in [-0.1, -0.05) is 6.42 Å². The summed E-state index contributed by atoms with van der Waals surface area (Å²) >= 11 is 0. The zero-order valence-corrected chi connectivity index (χ0v) is 8.09. The minimum Gasteiger partial charge on any atom is -0.393 e. The summed E-state index contributed by atoms with van der Waals surface area (Å²) in [5.74, 6) is 0. The lowest BCUT2D eigenvalue weighted by Gasteiger charge is -2.62. The summed E-state index contributed by atoms with van der Waals surface area (Å²) in [6, 6.07) is 0. The van der Waals surface area contributed by atoms with Crippen molar-refractivity contribution in [1.29, 1.82) is 0 Å². The summed E-state index contributed by atoms with van der Waals surface area (Å²) in [5.41, 5.74) is 0.773. The van der Waals surface area contributed by atoms with Crippen LogP contribution in [-0.4, -0.2) is 23.4 Å². The van der Waals surface area contributed by atoms with Gasteiger partial charge in [0.1, 0.15) is 0 Å². The molecule has 1 heterocycles. The van der Waals surface area contributed by atoms with Crippen molar-refractivity contribution < 1.29 is 9.84 Å². The van der Waals surface area contributed by atoms with E-state index in [1.807, 2.05) is 0 Å². The number of hydrogen-bond acceptors (Lipinski definition) is 2. The Kier molecular flexibility index (Phi) is 1.58. The Morgan fingerprint density at radius 2 is 2.00 bits per heavy atom. The Balaban J connectivity index is 1.65. The lowest BCUT2D eigenvalue weighted by Crippen LogP contribution is -2.59. The number of aliphatic hydroxyl groups is 1. The molecule has 3 rings (SSSR count). The van der Waals surface area contributed by atoms with Crippen molar-refractivity contribution in [2.75, 3.05) is 6.61 Å². The highest BCUT2D eigenvalue weighted by molar-refractivity contribution is 5.10. The first-order chi connectivity index (χ1) is 6.22. The van der Waals surface area contributed by atoms with E-state index in [1.165, 1.54) is 32.1 Å². The molecule has 1 atom stereocenters. The van der Waals surface area contributed by atoms with Gasteiger partial charge in [0, 0.05) is 13.0 Å². The van der Waals surface area contributed by atoms with Gasteiger partial charge in [-0.2, -0.15) is 0 Å². The fraction of sp³-hybridized carbons (Fsp3) is 1.00. The van der Waals surface area contributed by atoms with Gasteiger partial charge in [-0.15, -0.1) is 0 Å². The Hall–Kier alpha value is -0.0800. The first-order valence-corrected chi connectivity index (χ1v) is 5.54. The van der Waals surface area contributed by atoms with Gasteiger partial charge in [-0.3, -0.25) is 0 Å². The SMILES string of the molecule is OC1CCOC2(C1)CC1(CCC1)C2. The van der Waals surface area contributed by atoms with Crippen LogP contribution in [0.2, 0.25) is 0 Å². The van der Waals surface area contributed by atoms with Gasteiger partial charge < -0.3 is 9.84 Å². The van der Waals surface area contributed by atoms with Crippen LogP contribution in [0.15, 0.2) is 0 Å². The van der Waals surface area contributed by atoms with Gasteiger partial charge in [-0.05, 0) is 37.5 Å². The molecule has 0 radical (unpaired) electrons. The maximum atomic E-state index is 9.59. The van der Waals surface area contributed by atoms with Gasteiger partial charge in [0.15, 0.2) is 0 Å². The summed E-state index contributed by atoms with van der Waals surface area (Å²) in [5, 5.41) is 9.59. The van der Waals surface area contributed by atoms with E-state index in [2.05, 4.69) is 0 Å². The Morgan fingerprint density at radius 1 is 1.23 bits per heavy atom. The highest BCUT2D eigenvalue weighted by Gasteiger charge is 2.58. The maximum absolute atomic E-state index is 9.59. The van der Waals surface area contributed by atoms with Gasteiger partial charge in [0.25, 0.3) is 0 Å². The highest BCUT2D eigenvalue weighted by atomic mass is 16.5. The molecule has 2 nitrogen and oxygen atoms in total. The van der Waals surface area contributed by atoms with Crippen LogP contribution in [0, 0.1) is 5.41 Å². The monoisotopic (exact) mass is 182 g/mol. The quantitative estimate of drug-likeness (QED) is 0.619. The smallest absolute Gasteiger partial charge is 0.0717 e. The molecule has 1 aliphatic heterocycles. The lowest BCUT2D eigenvalue weighted by molar-refractivity contribution is -0.229. The first kappa shape index (κ1) is 8.25. The van der Waals surface area contributed by atoms with E-state index < -0.39 is 0 Å². The van der Waals surface area contributed by atoms with E-state index in [-0.39, 0.29) is 11.7 Å². The average Bonchev–Trinajstić information content (AvgIpc) is 1.96. The fourth-order valence-corrected chi connectivity index (χ4v) is 3.59. The van der Waals surface area contributed by atoms with Crippen LogP contribution in [0.4, 0.5) is 0 Å². The summed E-state index contributed by atoms with van der Waals surface area (Å²) in [7, 11) is 0. The second kappa shape index (κ2) is 2.48. The Labute approximate surface area is 79.3 Å². The summed E-state index contributed by atoms with van der Waals surface area (Å²) in [6.07, 6.45) is 8.35. The third-order valence-corrected chi connectivity index (χ3v) is 4.28. The molecule has 2 saturated carbocycles. The van der Waals surface area contributed by atoms with E-state index in [4.69, 9.17) is 4.74 Å². The molecule has 2 spiro atoms. The molecule has 74 valence electrons. The molecule has 0 bridgehead atoms. The van der Waals surface area contributed by atoms with E-state index >= 15 is 0 Å². The zero-order valence-electron chi connectivity index (χ0n) is 8.09. The van der Waals surface area contributed by atoms with Gasteiger partial charge in [0.2, 0.25) is 0 Å². The van der Waals surface area contributed by atoms with Crippen molar-refractivity contribution in [2.45, 2.75) is 56.7 Å². The Bertz CT molecular complexity index is 212. The van der Waals surface area contributed by atoms with Crippen molar-refractivity contribution in [3.63, 3.8) is 0 Å². The van der Waals surface area contributed by atoms with E-state index in [9.17, 15) is 5.11 Å². The van der Waals surface area contributed by atoms with Crippen molar-refractivity contribution >= 4 is 0 Å². The van der Waals surface area contributed by atoms with Crippen LogP contribution in [0.25, 0.3) is 0 Å². The molecule has 0 aromatic rings. The number of aliphatic hydroxyl groups excluding tert-OH is 1. The Morgan fingerprint density at radius 3 is 2.54 bits per heavy atom. The van der Waals surface area contributed by atoms with Crippen molar-refractivity contribution in [2.24, 2.45) is 5.41 Å². The van der Waals surface area contributed by atoms with E-state index in [1.54, 1.807) is 0 Å². The van der Waals surface area contributed by atoms with Gasteiger partial charge >= 0.3 is 0 Å². The van der Waals surface area contributed by atoms with E-state index in [0.717, 1.165) is 19.4 Å². The van der Waals surface area contributed by atoms with Crippen molar-refractivity contribution in [3.8, 4) is 0 Å². The summed E-state index contributed by atoms with van der Waals surface area (Å²) in [4.78, 5) is 0. The van der Waals surface area contributed by atoms with Crippen LogP contribution < -0.4 is 0 Å². The average molecular weight is 182 g/mol. The molecular formula is C11H18O2. The molecule has 2 aliphatic carbocycles. The van der Waals surface area contributed by atoms with Crippen molar-refractivity contribution in [3.05, 3.63) is 0 Å². The molecule has 3 fully saturated rings. The largest absolute Gasteiger partial charge is 0.393 e. The molecule has 1 saturated heterocycles. The molecule has 0 amide bonds. The molecule has 3 aliphatic rings. The minimum atomic E-state index is -0.0915. The second-order valence-corrected chi connectivity index (χ2v) is 5.39. The summed E-state index contributed by atoms with van der Waals surface area (Å²) < 4.78 is 5.84. The molecule has 1 unspecified atom stereocenters. The molecule has 0 aromatic heterocycles. The second-order valence-electron chi connectivity index (χ2n) is 5.39. The zero-order chi connectivity index (χ0) is 8.94.